The summed E-state index contributed by atoms with van der Waals surface area (Å²) in [7, 11) is -0.242. The Labute approximate surface area is 98.3 Å². The van der Waals surface area contributed by atoms with Gasteiger partial charge >= 0.3 is 7.12 Å². The van der Waals surface area contributed by atoms with E-state index in [1.165, 1.54) is 5.57 Å². The van der Waals surface area contributed by atoms with Crippen LogP contribution in [-0.4, -0.2) is 30.9 Å². The number of ether oxygens (including phenoxy) is 1. The molecule has 2 rings (SSSR count). The second-order valence-electron chi connectivity index (χ2n) is 5.75. The van der Waals surface area contributed by atoms with Crippen molar-refractivity contribution in [2.24, 2.45) is 0 Å². The van der Waals surface area contributed by atoms with Crippen LogP contribution in [0.15, 0.2) is 11.6 Å². The number of hydrogen-bond acceptors (Lipinski definition) is 3. The molecule has 0 N–H and O–H groups in total. The summed E-state index contributed by atoms with van der Waals surface area (Å²) in [6.45, 7) is 11.1. The molecule has 0 bridgehead atoms. The smallest absolute Gasteiger partial charge is 0.402 e. The highest BCUT2D eigenvalue weighted by molar-refractivity contribution is 6.47. The third-order valence-corrected chi connectivity index (χ3v) is 3.84. The average Bonchev–Trinajstić information content (AvgIpc) is 2.36. The Hall–Kier alpha value is -0.315. The minimum absolute atomic E-state index is 0.0334. The maximum atomic E-state index is 5.98. The summed E-state index contributed by atoms with van der Waals surface area (Å²) in [5.74, 6) is 0. The van der Waals surface area contributed by atoms with Gasteiger partial charge in [-0.3, -0.25) is 0 Å². The minimum Gasteiger partial charge on any atom is -0.402 e. The lowest BCUT2D eigenvalue weighted by Gasteiger charge is -2.32. The van der Waals surface area contributed by atoms with Crippen LogP contribution in [0.1, 0.15) is 41.0 Å². The van der Waals surface area contributed by atoms with Crippen LogP contribution in [-0.2, 0) is 14.0 Å². The number of rotatable bonds is 1. The zero-order valence-corrected chi connectivity index (χ0v) is 10.9. The molecule has 90 valence electrons. The van der Waals surface area contributed by atoms with Crippen LogP contribution in [0.25, 0.3) is 0 Å². The van der Waals surface area contributed by atoms with Gasteiger partial charge in [-0.25, -0.2) is 0 Å². The van der Waals surface area contributed by atoms with Crippen molar-refractivity contribution in [3.05, 3.63) is 11.6 Å². The van der Waals surface area contributed by atoms with E-state index in [1.54, 1.807) is 0 Å². The van der Waals surface area contributed by atoms with Crippen molar-refractivity contribution in [3.8, 4) is 0 Å². The molecule has 0 amide bonds. The minimum atomic E-state index is -0.268. The zero-order valence-electron chi connectivity index (χ0n) is 10.9. The fourth-order valence-electron chi connectivity index (χ4n) is 1.99. The Morgan fingerprint density at radius 2 is 1.75 bits per heavy atom. The molecule has 16 heavy (non-hydrogen) atoms. The van der Waals surface area contributed by atoms with E-state index >= 15 is 0 Å². The van der Waals surface area contributed by atoms with Gasteiger partial charge in [0, 0.05) is 0 Å². The number of hydrogen-bond donors (Lipinski definition) is 0. The van der Waals surface area contributed by atoms with E-state index in [0.29, 0.717) is 6.61 Å². The van der Waals surface area contributed by atoms with E-state index < -0.39 is 0 Å². The quantitative estimate of drug-likeness (QED) is 0.505. The lowest BCUT2D eigenvalue weighted by atomic mass is 9.76. The maximum absolute atomic E-state index is 5.98. The van der Waals surface area contributed by atoms with Gasteiger partial charge in [0.1, 0.15) is 0 Å². The maximum Gasteiger partial charge on any atom is 0.489 e. The molecular weight excluding hydrogens is 203 g/mol. The van der Waals surface area contributed by atoms with Crippen molar-refractivity contribution in [2.45, 2.75) is 58.2 Å². The Balaban J connectivity index is 2.06. The molecule has 0 radical (unpaired) electrons. The highest BCUT2D eigenvalue weighted by Gasteiger charge is 2.54. The molecule has 0 saturated carbocycles. The van der Waals surface area contributed by atoms with E-state index in [2.05, 4.69) is 40.7 Å². The normalized spacial score (nSPS) is 32.7. The van der Waals surface area contributed by atoms with Crippen molar-refractivity contribution in [3.63, 3.8) is 0 Å². The van der Waals surface area contributed by atoms with Crippen LogP contribution in [0.2, 0.25) is 0 Å². The summed E-state index contributed by atoms with van der Waals surface area (Å²) < 4.78 is 17.6. The summed E-state index contributed by atoms with van der Waals surface area (Å²) in [6, 6.07) is 0.0334. The van der Waals surface area contributed by atoms with Gasteiger partial charge in [0.05, 0.1) is 23.8 Å². The van der Waals surface area contributed by atoms with Gasteiger partial charge in [-0.1, -0.05) is 11.6 Å². The van der Waals surface area contributed by atoms with Crippen molar-refractivity contribution in [2.75, 3.05) is 6.61 Å². The van der Waals surface area contributed by atoms with Gasteiger partial charge in [-0.2, -0.15) is 0 Å². The fraction of sp³-hybridized carbons (Fsp3) is 0.833. The Morgan fingerprint density at radius 3 is 2.25 bits per heavy atom. The Kier molecular flexibility index (Phi) is 2.93. The molecule has 2 heterocycles. The van der Waals surface area contributed by atoms with Crippen molar-refractivity contribution in [1.29, 1.82) is 0 Å². The van der Waals surface area contributed by atoms with E-state index in [1.807, 2.05) is 0 Å². The summed E-state index contributed by atoms with van der Waals surface area (Å²) in [5.41, 5.74) is 0.817. The topological polar surface area (TPSA) is 27.7 Å². The highest BCUT2D eigenvalue weighted by atomic mass is 16.7. The van der Waals surface area contributed by atoms with Crippen LogP contribution in [0.5, 0.6) is 0 Å². The second-order valence-corrected chi connectivity index (χ2v) is 5.75. The van der Waals surface area contributed by atoms with Crippen LogP contribution >= 0.6 is 0 Å². The first kappa shape index (κ1) is 12.2. The SMILES string of the molecule is CC1=CCOC(B2OC(C)(C)C(C)(C)O2)C1. The monoisotopic (exact) mass is 224 g/mol. The first-order chi connectivity index (χ1) is 7.32. The highest BCUT2D eigenvalue weighted by Crippen LogP contribution is 2.39. The molecule has 0 aromatic heterocycles. The molecule has 0 aliphatic carbocycles. The van der Waals surface area contributed by atoms with Gasteiger partial charge in [-0.15, -0.1) is 0 Å². The van der Waals surface area contributed by atoms with E-state index in [4.69, 9.17) is 14.0 Å². The van der Waals surface area contributed by atoms with Crippen molar-refractivity contribution in [1.82, 2.24) is 0 Å². The predicted molar refractivity (Wildman–Crippen MR) is 64.2 cm³/mol. The first-order valence-electron chi connectivity index (χ1n) is 5.95. The molecule has 3 nitrogen and oxygen atoms in total. The molecule has 1 atom stereocenters. The third kappa shape index (κ3) is 2.06. The molecule has 2 aliphatic rings. The van der Waals surface area contributed by atoms with Crippen molar-refractivity contribution >= 4 is 7.12 Å². The summed E-state index contributed by atoms with van der Waals surface area (Å²) >= 11 is 0. The van der Waals surface area contributed by atoms with Crippen LogP contribution in [0, 0.1) is 0 Å². The first-order valence-corrected chi connectivity index (χ1v) is 5.95. The van der Waals surface area contributed by atoms with Gasteiger partial charge < -0.3 is 14.0 Å². The Bertz CT molecular complexity index is 293. The van der Waals surface area contributed by atoms with Crippen LogP contribution < -0.4 is 0 Å². The van der Waals surface area contributed by atoms with E-state index in [9.17, 15) is 0 Å². The Morgan fingerprint density at radius 1 is 1.19 bits per heavy atom. The molecule has 1 fully saturated rings. The molecule has 1 unspecified atom stereocenters. The summed E-state index contributed by atoms with van der Waals surface area (Å²) in [4.78, 5) is 0. The molecular formula is C12H21BO3. The molecule has 1 saturated heterocycles. The largest absolute Gasteiger partial charge is 0.489 e. The molecule has 0 aromatic carbocycles. The lowest BCUT2D eigenvalue weighted by molar-refractivity contribution is 0.00578. The average molecular weight is 224 g/mol. The van der Waals surface area contributed by atoms with Crippen LogP contribution in [0.4, 0.5) is 0 Å². The van der Waals surface area contributed by atoms with Gasteiger partial charge in [0.15, 0.2) is 0 Å². The molecule has 4 heteroatoms. The van der Waals surface area contributed by atoms with Crippen LogP contribution in [0.3, 0.4) is 0 Å². The van der Waals surface area contributed by atoms with E-state index in [0.717, 1.165) is 6.42 Å². The van der Waals surface area contributed by atoms with Gasteiger partial charge in [0.25, 0.3) is 0 Å². The predicted octanol–water partition coefficient (Wildman–Crippen LogP) is 2.35. The summed E-state index contributed by atoms with van der Waals surface area (Å²) in [5, 5.41) is 0. The van der Waals surface area contributed by atoms with Gasteiger partial charge in [-0.05, 0) is 41.0 Å². The standard InChI is InChI=1S/C12H21BO3/c1-9-6-7-14-10(8-9)13-15-11(2,3)12(4,5)16-13/h6,10H,7-8H2,1-5H3. The third-order valence-electron chi connectivity index (χ3n) is 3.84. The zero-order chi connectivity index (χ0) is 12.0. The molecule has 2 aliphatic heterocycles. The lowest BCUT2D eigenvalue weighted by Crippen LogP contribution is -2.41. The molecule has 0 spiro atoms. The summed E-state index contributed by atoms with van der Waals surface area (Å²) in [6.07, 6.45) is 3.01. The van der Waals surface area contributed by atoms with Crippen molar-refractivity contribution < 1.29 is 14.0 Å². The fourth-order valence-corrected chi connectivity index (χ4v) is 1.99. The second kappa shape index (κ2) is 3.86. The van der Waals surface area contributed by atoms with Gasteiger partial charge in [0.2, 0.25) is 0 Å². The molecule has 0 aromatic rings. The van der Waals surface area contributed by atoms with E-state index in [-0.39, 0.29) is 24.3 Å².